The molecular formula is C14H20Cl3NO9S2. The first-order chi connectivity index (χ1) is 13.3. The fraction of sp³-hybridized carbons (Fsp3) is 0.714. The topological polar surface area (TPSA) is 149 Å². The molecule has 0 saturated carbocycles. The van der Waals surface area contributed by atoms with Crippen molar-refractivity contribution in [1.29, 1.82) is 0 Å². The van der Waals surface area contributed by atoms with Crippen LogP contribution in [-0.4, -0.2) is 79.7 Å². The number of carbonyl (C=O) groups is 4. The van der Waals surface area contributed by atoms with Gasteiger partial charge in [-0.05, 0) is 11.6 Å². The van der Waals surface area contributed by atoms with Crippen molar-refractivity contribution in [2.24, 2.45) is 0 Å². The number of sulfone groups is 2. The maximum atomic E-state index is 11.3. The second-order valence-electron chi connectivity index (χ2n) is 5.58. The second kappa shape index (κ2) is 13.4. The van der Waals surface area contributed by atoms with Crippen molar-refractivity contribution in [3.05, 3.63) is 0 Å². The Morgan fingerprint density at radius 2 is 1.24 bits per heavy atom. The number of hydroxylamine groups is 2. The third kappa shape index (κ3) is 13.1. The Morgan fingerprint density at radius 3 is 1.62 bits per heavy atom. The summed E-state index contributed by atoms with van der Waals surface area (Å²) in [7, 11) is -6.57. The Labute approximate surface area is 183 Å². The van der Waals surface area contributed by atoms with Gasteiger partial charge in [0.15, 0.2) is 19.7 Å². The molecule has 15 heteroatoms. The molecule has 0 aromatic rings. The maximum absolute atomic E-state index is 11.3. The van der Waals surface area contributed by atoms with Crippen LogP contribution in [0, 0.1) is 0 Å². The van der Waals surface area contributed by atoms with Crippen molar-refractivity contribution in [1.82, 2.24) is 5.06 Å². The Kier molecular flexibility index (Phi) is 12.9. The van der Waals surface area contributed by atoms with Crippen molar-refractivity contribution >= 4 is 77.5 Å². The molecule has 0 atom stereocenters. The van der Waals surface area contributed by atoms with E-state index in [9.17, 15) is 36.0 Å². The van der Waals surface area contributed by atoms with Crippen molar-refractivity contribution in [2.75, 3.05) is 34.8 Å². The number of alkyl halides is 2. The van der Waals surface area contributed by atoms with E-state index in [4.69, 9.17) is 34.8 Å². The fourth-order valence-corrected chi connectivity index (χ4v) is 5.19. The molecule has 10 nitrogen and oxygen atoms in total. The van der Waals surface area contributed by atoms with E-state index in [1.54, 1.807) is 0 Å². The largest absolute Gasteiger partial charge is 0.334 e. The second-order valence-corrected chi connectivity index (χ2v) is 11.4. The number of hydrogen-bond acceptors (Lipinski definition) is 9. The van der Waals surface area contributed by atoms with Gasteiger partial charge in [-0.25, -0.2) is 21.6 Å². The minimum atomic E-state index is -3.41. The summed E-state index contributed by atoms with van der Waals surface area (Å²) in [5, 5.41) is -0.251. The molecule has 0 aliphatic carbocycles. The van der Waals surface area contributed by atoms with E-state index in [1.807, 2.05) is 0 Å². The summed E-state index contributed by atoms with van der Waals surface area (Å²) in [5.41, 5.74) is 0. The lowest BCUT2D eigenvalue weighted by molar-refractivity contribution is -0.197. The highest BCUT2D eigenvalue weighted by Gasteiger charge is 2.32. The predicted octanol–water partition coefficient (Wildman–Crippen LogP) is 0.433. The van der Waals surface area contributed by atoms with Crippen LogP contribution in [0.15, 0.2) is 0 Å². The number of nitrogens with zero attached hydrogens (tertiary/aromatic N) is 1. The number of amides is 2. The van der Waals surface area contributed by atoms with Crippen LogP contribution in [-0.2, 0) is 43.7 Å². The summed E-state index contributed by atoms with van der Waals surface area (Å²) in [5.74, 6) is -3.09. The Morgan fingerprint density at radius 1 is 0.828 bits per heavy atom. The van der Waals surface area contributed by atoms with Crippen LogP contribution in [0.5, 0.6) is 0 Å². The monoisotopic (exact) mass is 515 g/mol. The van der Waals surface area contributed by atoms with Gasteiger partial charge in [0.1, 0.15) is 0 Å². The van der Waals surface area contributed by atoms with Crippen molar-refractivity contribution in [2.45, 2.75) is 25.7 Å². The van der Waals surface area contributed by atoms with Gasteiger partial charge in [-0.1, -0.05) is 0 Å². The number of imide groups is 1. The summed E-state index contributed by atoms with van der Waals surface area (Å²) in [6.45, 7) is 0. The molecule has 1 aliphatic heterocycles. The van der Waals surface area contributed by atoms with Crippen LogP contribution in [0.2, 0.25) is 0 Å². The number of rotatable bonds is 11. The molecule has 1 rings (SSSR count). The number of hydrogen-bond donors (Lipinski definition) is 0. The smallest absolute Gasteiger partial charge is 0.330 e. The third-order valence-corrected chi connectivity index (χ3v) is 7.52. The highest BCUT2D eigenvalue weighted by molar-refractivity contribution is 7.91. The van der Waals surface area contributed by atoms with Crippen LogP contribution in [0.1, 0.15) is 25.7 Å². The van der Waals surface area contributed by atoms with E-state index in [1.165, 1.54) is 0 Å². The zero-order chi connectivity index (χ0) is 22.7. The summed E-state index contributed by atoms with van der Waals surface area (Å²) >= 11 is 15.4. The van der Waals surface area contributed by atoms with Crippen LogP contribution in [0.4, 0.5) is 0 Å². The molecule has 1 heterocycles. The van der Waals surface area contributed by atoms with Gasteiger partial charge < -0.3 is 4.84 Å². The van der Waals surface area contributed by atoms with Crippen LogP contribution >= 0.6 is 34.8 Å². The third-order valence-electron chi connectivity index (χ3n) is 3.20. The zero-order valence-electron chi connectivity index (χ0n) is 15.1. The molecule has 1 aliphatic rings. The van der Waals surface area contributed by atoms with Gasteiger partial charge in [-0.3, -0.25) is 14.4 Å². The first-order valence-electron chi connectivity index (χ1n) is 8.11. The lowest BCUT2D eigenvalue weighted by Crippen LogP contribution is -2.32. The van der Waals surface area contributed by atoms with E-state index in [2.05, 4.69) is 4.84 Å². The van der Waals surface area contributed by atoms with Crippen LogP contribution in [0.3, 0.4) is 0 Å². The van der Waals surface area contributed by atoms with Gasteiger partial charge >= 0.3 is 5.97 Å². The molecule has 29 heavy (non-hydrogen) atoms. The molecule has 1 fully saturated rings. The fourth-order valence-electron chi connectivity index (χ4n) is 1.72. The van der Waals surface area contributed by atoms with Crippen LogP contribution < -0.4 is 0 Å². The van der Waals surface area contributed by atoms with Crippen LogP contribution in [0.25, 0.3) is 0 Å². The average Bonchev–Trinajstić information content (AvgIpc) is 2.91. The summed E-state index contributed by atoms with van der Waals surface area (Å²) in [6.07, 6.45) is -0.565. The van der Waals surface area contributed by atoms with Gasteiger partial charge in [-0.15, -0.1) is 28.3 Å². The SMILES string of the molecule is O=C(CCS(=O)(=O)CCCl)ON1C(=O)CCC1=O.O=C(Cl)CCS(=O)(=O)CCCl. The standard InChI is InChI=1S/C9H12ClNO6S.C5H8Cl2O3S/c10-4-6-18(15,16)5-3-9(14)17-11-7(12)1-2-8(11)13;6-2-4-11(9,10)3-1-5(7)8/h1-6H2;1-4H2. The lowest BCUT2D eigenvalue weighted by atomic mass is 10.4. The minimum absolute atomic E-state index is 0.00331. The van der Waals surface area contributed by atoms with Crippen molar-refractivity contribution in [3.8, 4) is 0 Å². The molecule has 0 aromatic heterocycles. The Bertz CT molecular complexity index is 796. The van der Waals surface area contributed by atoms with E-state index >= 15 is 0 Å². The molecule has 0 aromatic carbocycles. The molecule has 1 saturated heterocycles. The number of carbonyl (C=O) groups excluding carboxylic acids is 4. The molecule has 0 unspecified atom stereocenters. The molecular weight excluding hydrogens is 497 g/mol. The molecule has 0 radical (unpaired) electrons. The summed E-state index contributed by atoms with van der Waals surface area (Å²) < 4.78 is 44.2. The first kappa shape index (κ1) is 28.1. The average molecular weight is 517 g/mol. The van der Waals surface area contributed by atoms with E-state index in [-0.39, 0.29) is 48.3 Å². The quantitative estimate of drug-likeness (QED) is 0.216. The van der Waals surface area contributed by atoms with E-state index in [0.717, 1.165) is 0 Å². The van der Waals surface area contributed by atoms with Gasteiger partial charge in [0.05, 0.1) is 29.4 Å². The van der Waals surface area contributed by atoms with Crippen molar-refractivity contribution in [3.63, 3.8) is 0 Å². The summed E-state index contributed by atoms with van der Waals surface area (Å²) in [4.78, 5) is 48.2. The molecule has 0 N–H and O–H groups in total. The molecule has 168 valence electrons. The highest BCUT2D eigenvalue weighted by atomic mass is 35.5. The lowest BCUT2D eigenvalue weighted by Gasteiger charge is -2.12. The molecule has 2 amide bonds. The van der Waals surface area contributed by atoms with E-state index < -0.39 is 54.9 Å². The predicted molar refractivity (Wildman–Crippen MR) is 106 cm³/mol. The zero-order valence-corrected chi connectivity index (χ0v) is 19.0. The minimum Gasteiger partial charge on any atom is -0.330 e. The van der Waals surface area contributed by atoms with Crippen molar-refractivity contribution < 1.29 is 40.9 Å². The van der Waals surface area contributed by atoms with Gasteiger partial charge in [0.25, 0.3) is 11.8 Å². The Hall–Kier alpha value is -0.950. The first-order valence-corrected chi connectivity index (χ1v) is 13.2. The maximum Gasteiger partial charge on any atom is 0.334 e. The highest BCUT2D eigenvalue weighted by Crippen LogP contribution is 2.12. The Balaban J connectivity index is 0.000000614. The normalized spacial score (nSPS) is 14.4. The summed E-state index contributed by atoms with van der Waals surface area (Å²) in [6, 6.07) is 0. The van der Waals surface area contributed by atoms with Gasteiger partial charge in [-0.2, -0.15) is 0 Å². The molecule has 0 spiro atoms. The van der Waals surface area contributed by atoms with E-state index in [0.29, 0.717) is 5.06 Å². The molecule has 0 bridgehead atoms. The van der Waals surface area contributed by atoms with Gasteiger partial charge in [0, 0.05) is 31.0 Å². The number of halogens is 3. The van der Waals surface area contributed by atoms with Gasteiger partial charge in [0.2, 0.25) is 5.24 Å².